The Morgan fingerprint density at radius 3 is 2.69 bits per heavy atom. The minimum Gasteiger partial charge on any atom is -0.335 e. The van der Waals surface area contributed by atoms with Crippen molar-refractivity contribution in [2.24, 2.45) is 16.7 Å². The predicted octanol–water partition coefficient (Wildman–Crippen LogP) is 3.89. The highest BCUT2D eigenvalue weighted by molar-refractivity contribution is 5.74. The summed E-state index contributed by atoms with van der Waals surface area (Å²) in [5.41, 5.74) is 2.51. The molecular weight excluding hydrogens is 324 g/mol. The molecule has 2 amide bonds. The molecule has 2 aliphatic carbocycles. The van der Waals surface area contributed by atoms with E-state index in [1.54, 1.807) is 6.20 Å². The van der Waals surface area contributed by atoms with Gasteiger partial charge in [-0.15, -0.1) is 0 Å². The summed E-state index contributed by atoms with van der Waals surface area (Å²) in [4.78, 5) is 12.4. The van der Waals surface area contributed by atoms with E-state index in [9.17, 15) is 4.79 Å². The largest absolute Gasteiger partial charge is 0.335 e. The van der Waals surface area contributed by atoms with Gasteiger partial charge in [0, 0.05) is 24.3 Å². The van der Waals surface area contributed by atoms with E-state index < -0.39 is 0 Å². The summed E-state index contributed by atoms with van der Waals surface area (Å²) in [5, 5.41) is 10.6. The van der Waals surface area contributed by atoms with Crippen LogP contribution in [-0.2, 0) is 6.54 Å². The van der Waals surface area contributed by atoms with E-state index >= 15 is 0 Å². The summed E-state index contributed by atoms with van der Waals surface area (Å²) in [5.74, 6) is 0.724. The van der Waals surface area contributed by atoms with Gasteiger partial charge in [0.15, 0.2) is 0 Å². The molecule has 1 aromatic carbocycles. The molecule has 26 heavy (non-hydrogen) atoms. The van der Waals surface area contributed by atoms with E-state index in [0.29, 0.717) is 12.0 Å². The number of para-hydroxylation sites is 1. The molecule has 5 nitrogen and oxygen atoms in total. The molecule has 2 aromatic rings. The number of hydrogen-bond donors (Lipinski definition) is 2. The highest BCUT2D eigenvalue weighted by atomic mass is 16.2. The number of aromatic nitrogens is 2. The summed E-state index contributed by atoms with van der Waals surface area (Å²) in [6, 6.07) is 10.2. The zero-order valence-electron chi connectivity index (χ0n) is 15.8. The molecule has 0 radical (unpaired) electrons. The van der Waals surface area contributed by atoms with Crippen LogP contribution in [0.25, 0.3) is 5.69 Å². The third-order valence-electron chi connectivity index (χ3n) is 7.21. The van der Waals surface area contributed by atoms with E-state index in [-0.39, 0.29) is 17.5 Å². The molecule has 1 heterocycles. The highest BCUT2D eigenvalue weighted by Crippen LogP contribution is 2.65. The van der Waals surface area contributed by atoms with Gasteiger partial charge < -0.3 is 10.6 Å². The fraction of sp³-hybridized carbons (Fsp3) is 0.524. The maximum absolute atomic E-state index is 12.4. The third kappa shape index (κ3) is 2.70. The van der Waals surface area contributed by atoms with Gasteiger partial charge in [-0.2, -0.15) is 5.10 Å². The zero-order chi connectivity index (χ0) is 18.4. The Morgan fingerprint density at radius 2 is 2.04 bits per heavy atom. The molecule has 2 N–H and O–H groups in total. The van der Waals surface area contributed by atoms with Gasteiger partial charge in [-0.25, -0.2) is 9.48 Å². The van der Waals surface area contributed by atoms with Crippen molar-refractivity contribution in [1.82, 2.24) is 20.4 Å². The first kappa shape index (κ1) is 17.1. The molecule has 0 spiro atoms. The van der Waals surface area contributed by atoms with Gasteiger partial charge in [0.2, 0.25) is 0 Å². The minimum absolute atomic E-state index is 0.0768. The first-order valence-corrected chi connectivity index (χ1v) is 9.53. The first-order valence-electron chi connectivity index (χ1n) is 9.53. The van der Waals surface area contributed by atoms with Gasteiger partial charge in [-0.05, 0) is 48.1 Å². The molecule has 0 unspecified atom stereocenters. The van der Waals surface area contributed by atoms with Crippen LogP contribution in [0.2, 0.25) is 0 Å². The van der Waals surface area contributed by atoms with Crippen LogP contribution in [0.1, 0.15) is 45.6 Å². The molecular formula is C21H28N4O. The summed E-state index contributed by atoms with van der Waals surface area (Å²) < 4.78 is 1.83. The summed E-state index contributed by atoms with van der Waals surface area (Å²) >= 11 is 0. The smallest absolute Gasteiger partial charge is 0.315 e. The number of rotatable bonds is 4. The van der Waals surface area contributed by atoms with Crippen LogP contribution in [0, 0.1) is 16.7 Å². The number of hydrogen-bond acceptors (Lipinski definition) is 2. The number of nitrogens with zero attached hydrogens (tertiary/aromatic N) is 2. The van der Waals surface area contributed by atoms with Crippen LogP contribution >= 0.6 is 0 Å². The molecule has 2 fully saturated rings. The monoisotopic (exact) mass is 352 g/mol. The van der Waals surface area contributed by atoms with Crippen molar-refractivity contribution in [3.63, 3.8) is 0 Å². The molecule has 0 saturated heterocycles. The van der Waals surface area contributed by atoms with Gasteiger partial charge in [-0.1, -0.05) is 39.0 Å². The second kappa shape index (κ2) is 6.15. The molecule has 4 rings (SSSR count). The van der Waals surface area contributed by atoms with Crippen molar-refractivity contribution >= 4 is 6.03 Å². The van der Waals surface area contributed by atoms with Crippen molar-refractivity contribution in [1.29, 1.82) is 0 Å². The second-order valence-electron chi connectivity index (χ2n) is 8.62. The molecule has 3 atom stereocenters. The Kier molecular flexibility index (Phi) is 4.05. The Morgan fingerprint density at radius 1 is 1.27 bits per heavy atom. The molecule has 1 aromatic heterocycles. The van der Waals surface area contributed by atoms with Crippen LogP contribution in [-0.4, -0.2) is 21.9 Å². The second-order valence-corrected chi connectivity index (χ2v) is 8.62. The van der Waals surface area contributed by atoms with E-state index in [1.165, 1.54) is 12.8 Å². The van der Waals surface area contributed by atoms with Crippen molar-refractivity contribution in [2.45, 2.75) is 52.6 Å². The maximum Gasteiger partial charge on any atom is 0.315 e. The molecule has 138 valence electrons. The average Bonchev–Trinajstić information content (AvgIpc) is 3.24. The van der Waals surface area contributed by atoms with E-state index in [2.05, 4.69) is 36.5 Å². The fourth-order valence-corrected chi connectivity index (χ4v) is 4.99. The van der Waals surface area contributed by atoms with Gasteiger partial charge in [0.25, 0.3) is 0 Å². The standard InChI is InChI=1S/C21H28N4O/c1-20(2)16-9-10-21(20,3)18(11-16)24-19(26)22-12-15-13-23-25(14-15)17-7-5-4-6-8-17/h4-8,13-14,16,18H,9-12H2,1-3H3,(H2,22,24,26)/t16-,18-,21-/m0/s1. The van der Waals surface area contributed by atoms with Crippen molar-refractivity contribution in [2.75, 3.05) is 0 Å². The molecule has 2 bridgehead atoms. The number of carbonyl (C=O) groups is 1. The van der Waals surface area contributed by atoms with Crippen LogP contribution < -0.4 is 10.6 Å². The van der Waals surface area contributed by atoms with Crippen molar-refractivity contribution in [3.8, 4) is 5.69 Å². The number of urea groups is 1. The van der Waals surface area contributed by atoms with Gasteiger partial charge in [-0.3, -0.25) is 0 Å². The summed E-state index contributed by atoms with van der Waals surface area (Å²) in [7, 11) is 0. The molecule has 5 heteroatoms. The third-order valence-corrected chi connectivity index (χ3v) is 7.21. The average molecular weight is 352 g/mol. The molecule has 2 saturated carbocycles. The van der Waals surface area contributed by atoms with E-state index in [0.717, 1.165) is 23.6 Å². The first-order chi connectivity index (χ1) is 12.4. The normalized spacial score (nSPS) is 28.9. The Balaban J connectivity index is 1.34. The molecule has 0 aliphatic heterocycles. The van der Waals surface area contributed by atoms with Crippen LogP contribution in [0.5, 0.6) is 0 Å². The molecule has 2 aliphatic rings. The van der Waals surface area contributed by atoms with Crippen LogP contribution in [0.4, 0.5) is 4.79 Å². The number of carbonyl (C=O) groups excluding carboxylic acids is 1. The maximum atomic E-state index is 12.4. The van der Waals surface area contributed by atoms with Gasteiger partial charge in [0.05, 0.1) is 11.9 Å². The topological polar surface area (TPSA) is 59.0 Å². The Labute approximate surface area is 155 Å². The summed E-state index contributed by atoms with van der Waals surface area (Å²) in [6.45, 7) is 7.55. The zero-order valence-corrected chi connectivity index (χ0v) is 15.8. The van der Waals surface area contributed by atoms with E-state index in [4.69, 9.17) is 0 Å². The van der Waals surface area contributed by atoms with Gasteiger partial charge in [0.1, 0.15) is 0 Å². The fourth-order valence-electron chi connectivity index (χ4n) is 4.99. The lowest BCUT2D eigenvalue weighted by Gasteiger charge is -2.39. The van der Waals surface area contributed by atoms with Crippen LogP contribution in [0.15, 0.2) is 42.7 Å². The number of amides is 2. The van der Waals surface area contributed by atoms with Gasteiger partial charge >= 0.3 is 6.03 Å². The number of fused-ring (bicyclic) bond motifs is 2. The summed E-state index contributed by atoms with van der Waals surface area (Å²) in [6.07, 6.45) is 7.36. The number of benzene rings is 1. The lowest BCUT2D eigenvalue weighted by Crippen LogP contribution is -2.49. The van der Waals surface area contributed by atoms with E-state index in [1.807, 2.05) is 41.2 Å². The lowest BCUT2D eigenvalue weighted by atomic mass is 9.69. The minimum atomic E-state index is -0.0768. The van der Waals surface area contributed by atoms with Crippen molar-refractivity contribution in [3.05, 3.63) is 48.3 Å². The lowest BCUT2D eigenvalue weighted by molar-refractivity contribution is 0.123. The number of nitrogens with one attached hydrogen (secondary N) is 2. The Hall–Kier alpha value is -2.30. The Bertz CT molecular complexity index is 797. The van der Waals surface area contributed by atoms with Crippen LogP contribution in [0.3, 0.4) is 0 Å². The predicted molar refractivity (Wildman–Crippen MR) is 102 cm³/mol. The quantitative estimate of drug-likeness (QED) is 0.877. The highest BCUT2D eigenvalue weighted by Gasteiger charge is 2.61. The SMILES string of the molecule is CC1(C)[C@H]2CC[C@@]1(C)[C@@H](NC(=O)NCc1cnn(-c3ccccc3)c1)C2. The van der Waals surface area contributed by atoms with Crippen molar-refractivity contribution < 1.29 is 4.79 Å².